The van der Waals surface area contributed by atoms with E-state index in [4.69, 9.17) is 13.9 Å². The Morgan fingerprint density at radius 3 is 3.11 bits per heavy atom. The molecule has 0 aromatic carbocycles. The number of furan rings is 1. The molecule has 0 spiro atoms. The van der Waals surface area contributed by atoms with E-state index in [-0.39, 0.29) is 30.1 Å². The summed E-state index contributed by atoms with van der Waals surface area (Å²) in [6.07, 6.45) is 5.04. The lowest BCUT2D eigenvalue weighted by Crippen LogP contribution is -2.38. The van der Waals surface area contributed by atoms with Crippen molar-refractivity contribution in [2.45, 2.75) is 38.8 Å². The van der Waals surface area contributed by atoms with Gasteiger partial charge in [0.05, 0.1) is 19.0 Å². The normalized spacial score (nSPS) is 16.8. The van der Waals surface area contributed by atoms with Crippen molar-refractivity contribution < 1.29 is 13.9 Å². The van der Waals surface area contributed by atoms with Crippen LogP contribution in [0.25, 0.3) is 11.6 Å². The molecule has 1 aliphatic rings. The van der Waals surface area contributed by atoms with Crippen molar-refractivity contribution in [3.8, 4) is 11.6 Å². The minimum absolute atomic E-state index is 0. The van der Waals surface area contributed by atoms with Gasteiger partial charge in [-0.1, -0.05) is 0 Å². The lowest BCUT2D eigenvalue weighted by Gasteiger charge is -2.12. The zero-order valence-electron chi connectivity index (χ0n) is 16.1. The van der Waals surface area contributed by atoms with Gasteiger partial charge in [-0.2, -0.15) is 0 Å². The third-order valence-corrected chi connectivity index (χ3v) is 4.09. The Balaban J connectivity index is 0.00000280. The van der Waals surface area contributed by atoms with Gasteiger partial charge in [0.25, 0.3) is 0 Å². The van der Waals surface area contributed by atoms with Crippen molar-refractivity contribution in [2.75, 3.05) is 32.9 Å². The van der Waals surface area contributed by atoms with Crippen LogP contribution in [0.1, 0.15) is 32.0 Å². The number of aliphatic imine (C=N–C) groups is 1. The molecule has 0 saturated carbocycles. The number of nitrogens with one attached hydrogen (secondary N) is 3. The number of aromatic nitrogens is 3. The first-order valence-electron chi connectivity index (χ1n) is 9.52. The maximum Gasteiger partial charge on any atom is 0.216 e. The quantitative estimate of drug-likeness (QED) is 0.197. The van der Waals surface area contributed by atoms with Crippen LogP contribution < -0.4 is 10.6 Å². The van der Waals surface area contributed by atoms with E-state index in [2.05, 4.69) is 30.8 Å². The van der Waals surface area contributed by atoms with E-state index in [1.54, 1.807) is 12.3 Å². The molecule has 2 aromatic heterocycles. The molecule has 9 nitrogen and oxygen atoms in total. The van der Waals surface area contributed by atoms with Crippen molar-refractivity contribution in [1.82, 2.24) is 25.8 Å². The van der Waals surface area contributed by atoms with Crippen LogP contribution in [0.15, 0.2) is 27.8 Å². The first-order valence-corrected chi connectivity index (χ1v) is 9.52. The molecule has 1 saturated heterocycles. The minimum Gasteiger partial charge on any atom is -0.461 e. The number of hydrogen-bond donors (Lipinski definition) is 3. The molecule has 2 aromatic rings. The monoisotopic (exact) mass is 504 g/mol. The van der Waals surface area contributed by atoms with Gasteiger partial charge in [-0.3, -0.25) is 5.10 Å². The van der Waals surface area contributed by atoms with E-state index in [0.717, 1.165) is 44.9 Å². The van der Waals surface area contributed by atoms with Crippen molar-refractivity contribution in [2.24, 2.45) is 4.99 Å². The molecule has 1 aliphatic heterocycles. The number of hydrogen-bond acceptors (Lipinski definition) is 6. The van der Waals surface area contributed by atoms with Gasteiger partial charge in [0.1, 0.15) is 12.4 Å². The Morgan fingerprint density at radius 2 is 2.36 bits per heavy atom. The van der Waals surface area contributed by atoms with Crippen LogP contribution in [0.3, 0.4) is 0 Å². The summed E-state index contributed by atoms with van der Waals surface area (Å²) in [4.78, 5) is 8.92. The van der Waals surface area contributed by atoms with Gasteiger partial charge in [-0.15, -0.1) is 29.1 Å². The topological polar surface area (TPSA) is 110 Å². The van der Waals surface area contributed by atoms with Crippen LogP contribution in [-0.4, -0.2) is 60.2 Å². The zero-order chi connectivity index (χ0) is 18.7. The summed E-state index contributed by atoms with van der Waals surface area (Å²) >= 11 is 0. The van der Waals surface area contributed by atoms with Crippen LogP contribution in [0.4, 0.5) is 0 Å². The summed E-state index contributed by atoms with van der Waals surface area (Å²) in [5.41, 5.74) is 0. The van der Waals surface area contributed by atoms with Gasteiger partial charge < -0.3 is 24.5 Å². The smallest absolute Gasteiger partial charge is 0.216 e. The average Bonchev–Trinajstić information content (AvgIpc) is 3.44. The highest BCUT2D eigenvalue weighted by Gasteiger charge is 2.14. The summed E-state index contributed by atoms with van der Waals surface area (Å²) in [7, 11) is 0. The summed E-state index contributed by atoms with van der Waals surface area (Å²) in [5.74, 6) is 2.59. The van der Waals surface area contributed by atoms with Gasteiger partial charge in [0.2, 0.25) is 5.82 Å². The fraction of sp³-hybridized carbons (Fsp3) is 0.611. The molecule has 1 fully saturated rings. The van der Waals surface area contributed by atoms with Gasteiger partial charge in [0, 0.05) is 26.3 Å². The molecule has 0 bridgehead atoms. The molecular formula is C18H29IN6O3. The zero-order valence-corrected chi connectivity index (χ0v) is 18.5. The van der Waals surface area contributed by atoms with E-state index in [0.29, 0.717) is 37.2 Å². The fourth-order valence-electron chi connectivity index (χ4n) is 2.75. The second-order valence-corrected chi connectivity index (χ2v) is 6.27. The van der Waals surface area contributed by atoms with E-state index >= 15 is 0 Å². The van der Waals surface area contributed by atoms with Crippen molar-refractivity contribution in [3.05, 3.63) is 24.2 Å². The first kappa shape index (κ1) is 22.6. The van der Waals surface area contributed by atoms with Crippen molar-refractivity contribution >= 4 is 29.9 Å². The summed E-state index contributed by atoms with van der Waals surface area (Å²) in [6.45, 7) is 6.27. The Bertz CT molecular complexity index is 685. The number of aromatic amines is 1. The Labute approximate surface area is 182 Å². The molecule has 3 heterocycles. The predicted octanol–water partition coefficient (Wildman–Crippen LogP) is 2.32. The molecule has 3 rings (SSSR count). The van der Waals surface area contributed by atoms with Gasteiger partial charge in [-0.25, -0.2) is 9.98 Å². The van der Waals surface area contributed by atoms with E-state index in [1.807, 2.05) is 13.0 Å². The summed E-state index contributed by atoms with van der Waals surface area (Å²) < 4.78 is 16.5. The molecule has 3 N–H and O–H groups in total. The first-order chi connectivity index (χ1) is 13.3. The van der Waals surface area contributed by atoms with Gasteiger partial charge in [-0.05, 0) is 38.3 Å². The van der Waals surface area contributed by atoms with Crippen LogP contribution in [0.2, 0.25) is 0 Å². The highest BCUT2D eigenvalue weighted by atomic mass is 127. The van der Waals surface area contributed by atoms with Crippen LogP contribution in [-0.2, 0) is 16.0 Å². The number of ether oxygens (including phenoxy) is 2. The van der Waals surface area contributed by atoms with E-state index in [1.165, 1.54) is 0 Å². The van der Waals surface area contributed by atoms with E-state index in [9.17, 15) is 0 Å². The molecule has 28 heavy (non-hydrogen) atoms. The largest absolute Gasteiger partial charge is 0.461 e. The van der Waals surface area contributed by atoms with Gasteiger partial charge >= 0.3 is 0 Å². The third kappa shape index (κ3) is 7.40. The molecule has 10 heteroatoms. The summed E-state index contributed by atoms with van der Waals surface area (Å²) in [6, 6.07) is 3.63. The van der Waals surface area contributed by atoms with E-state index < -0.39 is 0 Å². The second kappa shape index (κ2) is 12.7. The molecule has 156 valence electrons. The highest BCUT2D eigenvalue weighted by molar-refractivity contribution is 14.0. The standard InChI is InChI=1S/C18H28N6O3.HI/c1-2-19-18(20-8-5-9-25-13-14-6-3-10-26-14)21-12-16-22-17(24-23-16)15-7-4-11-27-15;/h4,7,11,14H,2-3,5-6,8-10,12-13H2,1H3,(H2,19,20,21)(H,22,23,24);1H. The number of rotatable bonds is 10. The molecule has 0 amide bonds. The Kier molecular flexibility index (Phi) is 10.3. The molecular weight excluding hydrogens is 475 g/mol. The Morgan fingerprint density at radius 1 is 1.43 bits per heavy atom. The minimum atomic E-state index is 0. The number of nitrogens with zero attached hydrogens (tertiary/aromatic N) is 3. The number of halogens is 1. The molecule has 0 radical (unpaired) electrons. The fourth-order valence-corrected chi connectivity index (χ4v) is 2.75. The molecule has 1 unspecified atom stereocenters. The lowest BCUT2D eigenvalue weighted by atomic mass is 10.2. The van der Waals surface area contributed by atoms with Crippen LogP contribution >= 0.6 is 24.0 Å². The van der Waals surface area contributed by atoms with Crippen molar-refractivity contribution in [3.63, 3.8) is 0 Å². The number of H-pyrrole nitrogens is 1. The molecule has 0 aliphatic carbocycles. The summed E-state index contributed by atoms with van der Waals surface area (Å²) in [5, 5.41) is 13.6. The highest BCUT2D eigenvalue weighted by Crippen LogP contribution is 2.14. The van der Waals surface area contributed by atoms with Gasteiger partial charge in [0.15, 0.2) is 11.7 Å². The Hall–Kier alpha value is -1.66. The second-order valence-electron chi connectivity index (χ2n) is 6.27. The van der Waals surface area contributed by atoms with Crippen molar-refractivity contribution in [1.29, 1.82) is 0 Å². The maximum atomic E-state index is 5.67. The average molecular weight is 504 g/mol. The molecule has 1 atom stereocenters. The van der Waals surface area contributed by atoms with Crippen LogP contribution in [0.5, 0.6) is 0 Å². The van der Waals surface area contributed by atoms with Crippen LogP contribution in [0, 0.1) is 0 Å². The predicted molar refractivity (Wildman–Crippen MR) is 117 cm³/mol. The SMILES string of the molecule is CCNC(=NCc1nc(-c2ccco2)n[nH]1)NCCCOCC1CCCO1.I. The lowest BCUT2D eigenvalue weighted by molar-refractivity contribution is 0.0168. The maximum absolute atomic E-state index is 5.67. The number of guanidine groups is 1. The third-order valence-electron chi connectivity index (χ3n) is 4.09.